The molecule has 1 aromatic rings. The summed E-state index contributed by atoms with van der Waals surface area (Å²) in [6.45, 7) is 20.0. The molecular formula is C24H36O. The highest BCUT2D eigenvalue weighted by Crippen LogP contribution is 2.43. The molecule has 0 aromatic heterocycles. The summed E-state index contributed by atoms with van der Waals surface area (Å²) < 4.78 is 0. The van der Waals surface area contributed by atoms with Crippen LogP contribution >= 0.6 is 0 Å². The van der Waals surface area contributed by atoms with Crippen LogP contribution < -0.4 is 0 Å². The van der Waals surface area contributed by atoms with Crippen molar-refractivity contribution in [2.24, 2.45) is 11.3 Å². The average molecular weight is 341 g/mol. The van der Waals surface area contributed by atoms with Crippen LogP contribution in [0.25, 0.3) is 5.57 Å². The maximum Gasteiger partial charge on any atom is 0.160 e. The summed E-state index contributed by atoms with van der Waals surface area (Å²) >= 11 is 0. The molecule has 0 amide bonds. The Morgan fingerprint density at radius 2 is 1.72 bits per heavy atom. The van der Waals surface area contributed by atoms with Gasteiger partial charge in [0, 0.05) is 5.56 Å². The van der Waals surface area contributed by atoms with Crippen LogP contribution in [0.15, 0.2) is 17.7 Å². The molecule has 1 aliphatic carbocycles. The number of carbonyl (C=O) groups is 1. The van der Waals surface area contributed by atoms with Crippen molar-refractivity contribution in [1.29, 1.82) is 0 Å². The Morgan fingerprint density at radius 1 is 1.12 bits per heavy atom. The Bertz CT molecular complexity index is 714. The Hall–Kier alpha value is -1.37. The van der Waals surface area contributed by atoms with Crippen molar-refractivity contribution in [1.82, 2.24) is 0 Å². The number of rotatable bonds is 4. The molecule has 1 nitrogen and oxygen atoms in total. The molecule has 0 atom stereocenters. The normalized spacial score (nSPS) is 18.0. The minimum absolute atomic E-state index is 0.118. The summed E-state index contributed by atoms with van der Waals surface area (Å²) in [6.07, 6.45) is 3.40. The number of Topliss-reactive ketones (excluding diaryl/α,β-unsaturated/α-hetero) is 1. The molecule has 1 heteroatoms. The third kappa shape index (κ3) is 3.48. The van der Waals surface area contributed by atoms with E-state index in [2.05, 4.69) is 67.5 Å². The summed E-state index contributed by atoms with van der Waals surface area (Å²) in [7, 11) is 0. The van der Waals surface area contributed by atoms with Gasteiger partial charge in [-0.1, -0.05) is 59.2 Å². The Kier molecular flexibility index (Phi) is 5.38. The zero-order valence-electron chi connectivity index (χ0n) is 17.8. The van der Waals surface area contributed by atoms with Crippen molar-refractivity contribution in [2.75, 3.05) is 0 Å². The number of hydrogen-bond acceptors (Lipinski definition) is 1. The van der Waals surface area contributed by atoms with Gasteiger partial charge in [-0.15, -0.1) is 0 Å². The van der Waals surface area contributed by atoms with Gasteiger partial charge in [-0.3, -0.25) is 4.79 Å². The van der Waals surface area contributed by atoms with Crippen LogP contribution in [-0.2, 0) is 11.8 Å². The van der Waals surface area contributed by atoms with Gasteiger partial charge in [-0.05, 0) is 79.0 Å². The minimum Gasteiger partial charge on any atom is -0.294 e. The van der Waals surface area contributed by atoms with E-state index >= 15 is 0 Å². The number of carbonyl (C=O) groups excluding carboxylic acids is 1. The van der Waals surface area contributed by atoms with Gasteiger partial charge in [0.25, 0.3) is 0 Å². The van der Waals surface area contributed by atoms with Gasteiger partial charge in [-0.2, -0.15) is 0 Å². The lowest BCUT2D eigenvalue weighted by atomic mass is 9.69. The fourth-order valence-electron chi connectivity index (χ4n) is 4.22. The van der Waals surface area contributed by atoms with E-state index in [0.717, 1.165) is 17.5 Å². The minimum atomic E-state index is 0.118. The maximum absolute atomic E-state index is 12.6. The SMILES string of the molecule is CC(=O)c1c(/C(C)=C(\C)C(C)(C)C(C)C)ccc2c1CCCC2(C)C. The number of ketones is 1. The van der Waals surface area contributed by atoms with E-state index in [1.54, 1.807) is 6.92 Å². The van der Waals surface area contributed by atoms with Crippen LogP contribution in [0.3, 0.4) is 0 Å². The number of fused-ring (bicyclic) bond motifs is 1. The third-order valence-corrected chi connectivity index (χ3v) is 7.00. The fraction of sp³-hybridized carbons (Fsp3) is 0.625. The molecule has 0 spiro atoms. The second-order valence-corrected chi connectivity index (χ2v) is 9.43. The lowest BCUT2D eigenvalue weighted by molar-refractivity contribution is 0.101. The standard InChI is InChI=1S/C24H36O/c1-15(2)24(8,9)17(4)16(3)19-12-13-21-20(22(19)18(5)25)11-10-14-23(21,6)7/h12-13,15H,10-11,14H2,1-9H3/b17-16+. The first-order valence-electron chi connectivity index (χ1n) is 9.77. The van der Waals surface area contributed by atoms with Crippen LogP contribution in [0.5, 0.6) is 0 Å². The van der Waals surface area contributed by atoms with Gasteiger partial charge in [0.15, 0.2) is 5.78 Å². The predicted octanol–water partition coefficient (Wildman–Crippen LogP) is 6.98. The molecule has 0 saturated carbocycles. The lowest BCUT2D eigenvalue weighted by Gasteiger charge is -2.35. The molecule has 25 heavy (non-hydrogen) atoms. The molecule has 0 saturated heterocycles. The van der Waals surface area contributed by atoms with Crippen molar-refractivity contribution in [3.05, 3.63) is 40.0 Å². The maximum atomic E-state index is 12.6. The highest BCUT2D eigenvalue weighted by molar-refractivity contribution is 6.01. The molecule has 138 valence electrons. The first-order valence-corrected chi connectivity index (χ1v) is 9.77. The molecule has 0 bridgehead atoms. The first kappa shape index (κ1) is 19.9. The molecule has 0 unspecified atom stereocenters. The highest BCUT2D eigenvalue weighted by Gasteiger charge is 2.32. The van der Waals surface area contributed by atoms with E-state index in [1.807, 2.05) is 0 Å². The molecule has 0 fully saturated rings. The van der Waals surface area contributed by atoms with E-state index in [9.17, 15) is 4.79 Å². The largest absolute Gasteiger partial charge is 0.294 e. The van der Waals surface area contributed by atoms with Crippen LogP contribution in [0.2, 0.25) is 0 Å². The zero-order valence-corrected chi connectivity index (χ0v) is 17.8. The first-order chi connectivity index (χ1) is 11.4. The van der Waals surface area contributed by atoms with Crippen LogP contribution in [0.4, 0.5) is 0 Å². The highest BCUT2D eigenvalue weighted by atomic mass is 16.1. The van der Waals surface area contributed by atoms with Crippen molar-refractivity contribution in [2.45, 2.75) is 87.0 Å². The van der Waals surface area contributed by atoms with Crippen LogP contribution in [0, 0.1) is 11.3 Å². The molecule has 0 radical (unpaired) electrons. The molecule has 0 N–H and O–H groups in total. The van der Waals surface area contributed by atoms with Gasteiger partial charge in [0.1, 0.15) is 0 Å². The topological polar surface area (TPSA) is 17.1 Å². The van der Waals surface area contributed by atoms with E-state index in [4.69, 9.17) is 0 Å². The monoisotopic (exact) mass is 340 g/mol. The molecule has 1 aromatic carbocycles. The van der Waals surface area contributed by atoms with Crippen molar-refractivity contribution in [3.63, 3.8) is 0 Å². The van der Waals surface area contributed by atoms with Crippen molar-refractivity contribution in [3.8, 4) is 0 Å². The zero-order chi connectivity index (χ0) is 19.2. The average Bonchev–Trinajstić information content (AvgIpc) is 2.51. The van der Waals surface area contributed by atoms with E-state index in [0.29, 0.717) is 5.92 Å². The number of allylic oxidation sites excluding steroid dienone is 2. The van der Waals surface area contributed by atoms with Gasteiger partial charge < -0.3 is 0 Å². The fourth-order valence-corrected chi connectivity index (χ4v) is 4.22. The number of benzene rings is 1. The summed E-state index contributed by atoms with van der Waals surface area (Å²) in [5, 5.41) is 0. The van der Waals surface area contributed by atoms with Crippen LogP contribution in [0.1, 0.15) is 102 Å². The molecule has 0 heterocycles. The van der Waals surface area contributed by atoms with Gasteiger partial charge >= 0.3 is 0 Å². The smallest absolute Gasteiger partial charge is 0.160 e. The summed E-state index contributed by atoms with van der Waals surface area (Å²) in [4.78, 5) is 12.6. The summed E-state index contributed by atoms with van der Waals surface area (Å²) in [5.74, 6) is 0.763. The number of hydrogen-bond donors (Lipinski definition) is 0. The van der Waals surface area contributed by atoms with Crippen molar-refractivity contribution < 1.29 is 4.79 Å². The van der Waals surface area contributed by atoms with Gasteiger partial charge in [0.2, 0.25) is 0 Å². The molecular weight excluding hydrogens is 304 g/mol. The van der Waals surface area contributed by atoms with E-state index in [-0.39, 0.29) is 16.6 Å². The second kappa shape index (κ2) is 6.74. The third-order valence-electron chi connectivity index (χ3n) is 7.00. The van der Waals surface area contributed by atoms with Gasteiger partial charge in [-0.25, -0.2) is 0 Å². The molecule has 0 aliphatic heterocycles. The second-order valence-electron chi connectivity index (χ2n) is 9.43. The quantitative estimate of drug-likeness (QED) is 0.540. The predicted molar refractivity (Wildman–Crippen MR) is 109 cm³/mol. The summed E-state index contributed by atoms with van der Waals surface area (Å²) in [5.41, 5.74) is 7.75. The van der Waals surface area contributed by atoms with Crippen LogP contribution in [-0.4, -0.2) is 5.78 Å². The summed E-state index contributed by atoms with van der Waals surface area (Å²) in [6, 6.07) is 4.49. The Balaban J connectivity index is 2.74. The van der Waals surface area contributed by atoms with Crippen molar-refractivity contribution >= 4 is 11.4 Å². The van der Waals surface area contributed by atoms with E-state index in [1.165, 1.54) is 35.1 Å². The molecule has 2 rings (SSSR count). The Labute approximate surface area is 154 Å². The van der Waals surface area contributed by atoms with Gasteiger partial charge in [0.05, 0.1) is 0 Å². The van der Waals surface area contributed by atoms with E-state index < -0.39 is 0 Å². The lowest BCUT2D eigenvalue weighted by Crippen LogP contribution is -2.26. The Morgan fingerprint density at radius 3 is 2.24 bits per heavy atom. The molecule has 1 aliphatic rings.